The van der Waals surface area contributed by atoms with Crippen LogP contribution in [0.2, 0.25) is 0 Å². The first-order valence-corrected chi connectivity index (χ1v) is 5.90. The number of furan rings is 1. The van der Waals surface area contributed by atoms with Crippen molar-refractivity contribution in [3.63, 3.8) is 0 Å². The smallest absolute Gasteiger partial charge is 0.418 e. The normalized spacial score (nSPS) is 11.2. The minimum absolute atomic E-state index is 0.0874. The second-order valence-corrected chi connectivity index (χ2v) is 4.16. The highest BCUT2D eigenvalue weighted by molar-refractivity contribution is 5.94. The summed E-state index contributed by atoms with van der Waals surface area (Å²) in [5.74, 6) is 4.89. The number of nitrogens with two attached hydrogens (primary N) is 1. The van der Waals surface area contributed by atoms with Crippen LogP contribution in [-0.2, 0) is 12.7 Å². The number of amides is 1. The number of alkyl halides is 3. The third-order valence-electron chi connectivity index (χ3n) is 2.75. The third kappa shape index (κ3) is 3.54. The number of nitrogen functional groups attached to an aromatic ring is 1. The van der Waals surface area contributed by atoms with E-state index in [4.69, 9.17) is 10.3 Å². The van der Waals surface area contributed by atoms with Crippen molar-refractivity contribution in [1.82, 2.24) is 5.32 Å². The first-order valence-electron chi connectivity index (χ1n) is 5.90. The quantitative estimate of drug-likeness (QED) is 0.598. The molecule has 0 aliphatic carbocycles. The summed E-state index contributed by atoms with van der Waals surface area (Å²) in [6.07, 6.45) is -3.18. The van der Waals surface area contributed by atoms with Crippen LogP contribution in [0.15, 0.2) is 41.0 Å². The van der Waals surface area contributed by atoms with Crippen molar-refractivity contribution in [2.24, 2.45) is 5.84 Å². The molecule has 0 radical (unpaired) electrons. The molecule has 8 heteroatoms. The van der Waals surface area contributed by atoms with E-state index in [1.807, 2.05) is 5.43 Å². The van der Waals surface area contributed by atoms with Crippen molar-refractivity contribution in [3.8, 4) is 0 Å². The zero-order valence-corrected chi connectivity index (χ0v) is 10.7. The number of rotatable bonds is 4. The molecular formula is C13H12F3N3O2. The van der Waals surface area contributed by atoms with Crippen molar-refractivity contribution in [3.05, 3.63) is 53.5 Å². The highest BCUT2D eigenvalue weighted by Crippen LogP contribution is 2.35. The van der Waals surface area contributed by atoms with Crippen LogP contribution in [0.25, 0.3) is 0 Å². The maximum Gasteiger partial charge on any atom is 0.418 e. The number of hydrazine groups is 1. The summed E-state index contributed by atoms with van der Waals surface area (Å²) in [5.41, 5.74) is 0.533. The van der Waals surface area contributed by atoms with Crippen LogP contribution in [-0.4, -0.2) is 5.91 Å². The van der Waals surface area contributed by atoms with Gasteiger partial charge in [-0.2, -0.15) is 13.2 Å². The molecule has 0 spiro atoms. The molecule has 0 unspecified atom stereocenters. The number of benzene rings is 1. The Kier molecular flexibility index (Phi) is 4.18. The van der Waals surface area contributed by atoms with Crippen LogP contribution in [0.5, 0.6) is 0 Å². The Labute approximate surface area is 117 Å². The van der Waals surface area contributed by atoms with E-state index in [0.29, 0.717) is 5.76 Å². The number of halogens is 3. The predicted molar refractivity (Wildman–Crippen MR) is 69.1 cm³/mol. The van der Waals surface area contributed by atoms with Gasteiger partial charge in [0.05, 0.1) is 24.1 Å². The Morgan fingerprint density at radius 1 is 1.29 bits per heavy atom. The molecule has 0 aliphatic rings. The molecule has 2 aromatic rings. The summed E-state index contributed by atoms with van der Waals surface area (Å²) in [4.78, 5) is 11.8. The van der Waals surface area contributed by atoms with E-state index in [1.54, 1.807) is 12.1 Å². The number of carbonyl (C=O) groups is 1. The molecule has 1 aromatic carbocycles. The van der Waals surface area contributed by atoms with E-state index in [1.165, 1.54) is 12.3 Å². The first-order chi connectivity index (χ1) is 9.91. The van der Waals surface area contributed by atoms with Gasteiger partial charge in [-0.3, -0.25) is 10.6 Å². The van der Waals surface area contributed by atoms with Crippen molar-refractivity contribution >= 4 is 11.6 Å². The van der Waals surface area contributed by atoms with E-state index >= 15 is 0 Å². The Morgan fingerprint density at radius 2 is 2.05 bits per heavy atom. The Bertz CT molecular complexity index is 624. The van der Waals surface area contributed by atoms with E-state index in [2.05, 4.69) is 5.32 Å². The van der Waals surface area contributed by atoms with Gasteiger partial charge in [0.15, 0.2) is 0 Å². The van der Waals surface area contributed by atoms with Crippen molar-refractivity contribution in [2.75, 3.05) is 5.43 Å². The molecule has 21 heavy (non-hydrogen) atoms. The second-order valence-electron chi connectivity index (χ2n) is 4.16. The topological polar surface area (TPSA) is 80.3 Å². The molecule has 112 valence electrons. The van der Waals surface area contributed by atoms with Gasteiger partial charge in [0.1, 0.15) is 5.76 Å². The lowest BCUT2D eigenvalue weighted by atomic mass is 10.1. The van der Waals surface area contributed by atoms with Crippen LogP contribution in [0, 0.1) is 0 Å². The second kappa shape index (κ2) is 5.88. The highest BCUT2D eigenvalue weighted by atomic mass is 19.4. The molecule has 1 aromatic heterocycles. The third-order valence-corrected chi connectivity index (χ3v) is 2.75. The Morgan fingerprint density at radius 3 is 2.62 bits per heavy atom. The summed E-state index contributed by atoms with van der Waals surface area (Å²) in [7, 11) is 0. The number of hydrogen-bond donors (Lipinski definition) is 3. The zero-order chi connectivity index (χ0) is 15.5. The summed E-state index contributed by atoms with van der Waals surface area (Å²) in [5, 5.41) is 2.47. The average molecular weight is 299 g/mol. The van der Waals surface area contributed by atoms with Gasteiger partial charge in [-0.05, 0) is 30.3 Å². The van der Waals surface area contributed by atoms with Gasteiger partial charge in [0, 0.05) is 5.56 Å². The van der Waals surface area contributed by atoms with Crippen LogP contribution in [0.4, 0.5) is 18.9 Å². The maximum atomic E-state index is 12.8. The summed E-state index contributed by atoms with van der Waals surface area (Å²) in [6.45, 7) is 0.0874. The van der Waals surface area contributed by atoms with Gasteiger partial charge in [-0.25, -0.2) is 0 Å². The first kappa shape index (κ1) is 14.9. The van der Waals surface area contributed by atoms with Crippen LogP contribution in [0.1, 0.15) is 21.7 Å². The van der Waals surface area contributed by atoms with Gasteiger partial charge in [-0.1, -0.05) is 0 Å². The Balaban J connectivity index is 2.17. The van der Waals surface area contributed by atoms with Gasteiger partial charge in [-0.15, -0.1) is 0 Å². The fourth-order valence-electron chi connectivity index (χ4n) is 1.73. The fraction of sp³-hybridized carbons (Fsp3) is 0.154. The van der Waals surface area contributed by atoms with Gasteiger partial charge >= 0.3 is 6.18 Å². The monoisotopic (exact) mass is 299 g/mol. The lowest BCUT2D eigenvalue weighted by Gasteiger charge is -2.13. The zero-order valence-electron chi connectivity index (χ0n) is 10.7. The number of anilines is 1. The number of nitrogens with one attached hydrogen (secondary N) is 2. The molecule has 0 bridgehead atoms. The fourth-order valence-corrected chi connectivity index (χ4v) is 1.73. The van der Waals surface area contributed by atoms with Crippen LogP contribution in [0.3, 0.4) is 0 Å². The van der Waals surface area contributed by atoms with E-state index in [-0.39, 0.29) is 17.8 Å². The molecule has 1 heterocycles. The lowest BCUT2D eigenvalue weighted by Crippen LogP contribution is -2.23. The highest BCUT2D eigenvalue weighted by Gasteiger charge is 2.34. The summed E-state index contributed by atoms with van der Waals surface area (Å²) < 4.78 is 43.5. The summed E-state index contributed by atoms with van der Waals surface area (Å²) in [6, 6.07) is 6.38. The molecule has 0 aliphatic heterocycles. The molecule has 0 saturated carbocycles. The number of hydrogen-bond acceptors (Lipinski definition) is 4. The predicted octanol–water partition coefficient (Wildman–Crippen LogP) is 2.51. The average Bonchev–Trinajstić information content (AvgIpc) is 2.96. The SMILES string of the molecule is NNc1ccc(C(=O)NCc2ccco2)cc1C(F)(F)F. The van der Waals surface area contributed by atoms with Crippen molar-refractivity contribution in [2.45, 2.75) is 12.7 Å². The molecule has 5 nitrogen and oxygen atoms in total. The Hall–Kier alpha value is -2.48. The molecular weight excluding hydrogens is 287 g/mol. The minimum Gasteiger partial charge on any atom is -0.467 e. The molecule has 0 atom stereocenters. The lowest BCUT2D eigenvalue weighted by molar-refractivity contribution is -0.137. The van der Waals surface area contributed by atoms with Crippen LogP contribution >= 0.6 is 0 Å². The van der Waals surface area contributed by atoms with Gasteiger partial charge in [0.25, 0.3) is 5.91 Å². The van der Waals surface area contributed by atoms with E-state index in [9.17, 15) is 18.0 Å². The summed E-state index contributed by atoms with van der Waals surface area (Å²) >= 11 is 0. The molecule has 0 saturated heterocycles. The van der Waals surface area contributed by atoms with Crippen LogP contribution < -0.4 is 16.6 Å². The van der Waals surface area contributed by atoms with Crippen molar-refractivity contribution < 1.29 is 22.4 Å². The molecule has 2 rings (SSSR count). The van der Waals surface area contributed by atoms with Gasteiger partial charge < -0.3 is 15.2 Å². The largest absolute Gasteiger partial charge is 0.467 e. The molecule has 0 fully saturated rings. The van der Waals surface area contributed by atoms with Crippen molar-refractivity contribution in [1.29, 1.82) is 0 Å². The van der Waals surface area contributed by atoms with E-state index in [0.717, 1.165) is 12.1 Å². The van der Waals surface area contributed by atoms with Gasteiger partial charge in [0.2, 0.25) is 0 Å². The number of carbonyl (C=O) groups excluding carboxylic acids is 1. The standard InChI is InChI=1S/C13H12F3N3O2/c14-13(15,16)10-6-8(3-4-11(10)19-17)12(20)18-7-9-2-1-5-21-9/h1-6,19H,7,17H2,(H,18,20). The van der Waals surface area contributed by atoms with E-state index < -0.39 is 17.6 Å². The maximum absolute atomic E-state index is 12.8. The minimum atomic E-state index is -4.61. The molecule has 1 amide bonds. The molecule has 4 N–H and O–H groups in total.